The van der Waals surface area contributed by atoms with Gasteiger partial charge in [0.25, 0.3) is 0 Å². The zero-order chi connectivity index (χ0) is 11.4. The Labute approximate surface area is 94.7 Å². The molecule has 1 atom stereocenters. The first-order chi connectivity index (χ1) is 7.81. The molecule has 0 radical (unpaired) electrons. The lowest BCUT2D eigenvalue weighted by molar-refractivity contribution is 0.342. The number of aromatic nitrogens is 2. The number of hydrogen-bond donors (Lipinski definition) is 1. The minimum absolute atomic E-state index is 0.0926. The lowest BCUT2D eigenvalue weighted by Gasteiger charge is -2.04. The van der Waals surface area contributed by atoms with Crippen molar-refractivity contribution in [3.05, 3.63) is 36.2 Å². The Balaban J connectivity index is 2.20. The van der Waals surface area contributed by atoms with Crippen molar-refractivity contribution in [1.29, 1.82) is 0 Å². The highest BCUT2D eigenvalue weighted by Gasteiger charge is 2.13. The van der Waals surface area contributed by atoms with Crippen molar-refractivity contribution in [2.75, 3.05) is 6.54 Å². The number of nitrogens with one attached hydrogen (secondary N) is 1. The molecular weight excluding hydrogens is 202 g/mol. The molecule has 0 amide bonds. The zero-order valence-electron chi connectivity index (χ0n) is 9.47. The molecule has 0 aliphatic heterocycles. The van der Waals surface area contributed by atoms with Crippen LogP contribution in [-0.4, -0.2) is 16.7 Å². The molecular formula is C12H15N3O. The maximum Gasteiger partial charge on any atom is 0.243 e. The summed E-state index contributed by atoms with van der Waals surface area (Å²) in [6.07, 6.45) is 0. The molecule has 2 rings (SSSR count). The van der Waals surface area contributed by atoms with E-state index in [9.17, 15) is 0 Å². The minimum Gasteiger partial charge on any atom is -0.337 e. The van der Waals surface area contributed by atoms with Crippen molar-refractivity contribution in [1.82, 2.24) is 15.5 Å². The molecule has 0 saturated carbocycles. The topological polar surface area (TPSA) is 51.0 Å². The van der Waals surface area contributed by atoms with Gasteiger partial charge in [-0.25, -0.2) is 0 Å². The summed E-state index contributed by atoms with van der Waals surface area (Å²) in [7, 11) is 0. The van der Waals surface area contributed by atoms with Gasteiger partial charge < -0.3 is 9.84 Å². The first kappa shape index (κ1) is 10.8. The highest BCUT2D eigenvalue weighted by molar-refractivity contribution is 5.53. The second-order valence-corrected chi connectivity index (χ2v) is 3.60. The van der Waals surface area contributed by atoms with E-state index in [0.29, 0.717) is 11.7 Å². The third-order valence-corrected chi connectivity index (χ3v) is 2.35. The highest BCUT2D eigenvalue weighted by atomic mass is 16.5. The Morgan fingerprint density at radius 1 is 1.31 bits per heavy atom. The first-order valence-electron chi connectivity index (χ1n) is 5.43. The van der Waals surface area contributed by atoms with Crippen LogP contribution in [0.1, 0.15) is 25.8 Å². The number of rotatable bonds is 4. The van der Waals surface area contributed by atoms with E-state index in [0.717, 1.165) is 12.1 Å². The van der Waals surface area contributed by atoms with Gasteiger partial charge in [-0.15, -0.1) is 0 Å². The second-order valence-electron chi connectivity index (χ2n) is 3.60. The van der Waals surface area contributed by atoms with Crippen molar-refractivity contribution in [3.63, 3.8) is 0 Å². The van der Waals surface area contributed by atoms with Gasteiger partial charge in [-0.2, -0.15) is 4.98 Å². The van der Waals surface area contributed by atoms with Crippen molar-refractivity contribution in [2.45, 2.75) is 19.9 Å². The minimum atomic E-state index is 0.0926. The summed E-state index contributed by atoms with van der Waals surface area (Å²) in [6.45, 7) is 4.93. The third-order valence-electron chi connectivity index (χ3n) is 2.35. The molecule has 2 aromatic rings. The molecule has 0 bridgehead atoms. The number of benzene rings is 1. The molecule has 1 aromatic heterocycles. The van der Waals surface area contributed by atoms with Crippen LogP contribution < -0.4 is 5.32 Å². The smallest absolute Gasteiger partial charge is 0.243 e. The first-order valence-corrected chi connectivity index (χ1v) is 5.43. The van der Waals surface area contributed by atoms with Crippen molar-refractivity contribution in [2.24, 2.45) is 0 Å². The predicted octanol–water partition coefficient (Wildman–Crippen LogP) is 2.41. The van der Waals surface area contributed by atoms with Gasteiger partial charge in [0, 0.05) is 5.56 Å². The maximum atomic E-state index is 5.21. The van der Waals surface area contributed by atoms with E-state index >= 15 is 0 Å². The Hall–Kier alpha value is -1.68. The lowest BCUT2D eigenvalue weighted by atomic mass is 10.2. The van der Waals surface area contributed by atoms with Crippen LogP contribution >= 0.6 is 0 Å². The quantitative estimate of drug-likeness (QED) is 0.854. The SMILES string of the molecule is CCNC(C)c1nc(-c2ccccc2)no1. The lowest BCUT2D eigenvalue weighted by Crippen LogP contribution is -2.17. The van der Waals surface area contributed by atoms with E-state index in [-0.39, 0.29) is 6.04 Å². The van der Waals surface area contributed by atoms with Crippen LogP contribution in [0.2, 0.25) is 0 Å². The molecule has 1 aromatic carbocycles. The molecule has 84 valence electrons. The number of nitrogens with zero attached hydrogens (tertiary/aromatic N) is 2. The monoisotopic (exact) mass is 217 g/mol. The van der Waals surface area contributed by atoms with E-state index in [2.05, 4.69) is 15.5 Å². The van der Waals surface area contributed by atoms with Crippen LogP contribution in [0.25, 0.3) is 11.4 Å². The fourth-order valence-electron chi connectivity index (χ4n) is 1.51. The van der Waals surface area contributed by atoms with Crippen molar-refractivity contribution in [3.8, 4) is 11.4 Å². The van der Waals surface area contributed by atoms with Crippen LogP contribution in [0.3, 0.4) is 0 Å². The largest absolute Gasteiger partial charge is 0.337 e. The van der Waals surface area contributed by atoms with Crippen LogP contribution in [0, 0.1) is 0 Å². The van der Waals surface area contributed by atoms with E-state index < -0.39 is 0 Å². The zero-order valence-corrected chi connectivity index (χ0v) is 9.47. The fraction of sp³-hybridized carbons (Fsp3) is 0.333. The van der Waals surface area contributed by atoms with Gasteiger partial charge in [0.15, 0.2) is 0 Å². The third kappa shape index (κ3) is 2.28. The molecule has 1 N–H and O–H groups in total. The van der Waals surface area contributed by atoms with E-state index in [1.165, 1.54) is 0 Å². The Morgan fingerprint density at radius 3 is 2.75 bits per heavy atom. The summed E-state index contributed by atoms with van der Waals surface area (Å²) in [4.78, 5) is 4.36. The predicted molar refractivity (Wildman–Crippen MR) is 61.8 cm³/mol. The van der Waals surface area contributed by atoms with Gasteiger partial charge in [-0.1, -0.05) is 42.4 Å². The van der Waals surface area contributed by atoms with E-state index in [4.69, 9.17) is 4.52 Å². The normalized spacial score (nSPS) is 12.6. The fourth-order valence-corrected chi connectivity index (χ4v) is 1.51. The molecule has 1 heterocycles. The Morgan fingerprint density at radius 2 is 2.06 bits per heavy atom. The van der Waals surface area contributed by atoms with Crippen molar-refractivity contribution >= 4 is 0 Å². The molecule has 0 aliphatic carbocycles. The summed E-state index contributed by atoms with van der Waals surface area (Å²) in [5.74, 6) is 1.26. The van der Waals surface area contributed by atoms with Gasteiger partial charge in [0.05, 0.1) is 6.04 Å². The van der Waals surface area contributed by atoms with Crippen LogP contribution in [0.15, 0.2) is 34.9 Å². The average molecular weight is 217 g/mol. The van der Waals surface area contributed by atoms with Crippen LogP contribution in [0.5, 0.6) is 0 Å². The molecule has 1 unspecified atom stereocenters. The van der Waals surface area contributed by atoms with Gasteiger partial charge in [-0.3, -0.25) is 0 Å². The van der Waals surface area contributed by atoms with E-state index in [1.54, 1.807) is 0 Å². The van der Waals surface area contributed by atoms with Gasteiger partial charge in [-0.05, 0) is 13.5 Å². The molecule has 4 nitrogen and oxygen atoms in total. The molecule has 0 saturated heterocycles. The summed E-state index contributed by atoms with van der Waals surface area (Å²) in [5, 5.41) is 7.19. The van der Waals surface area contributed by atoms with E-state index in [1.807, 2.05) is 44.2 Å². The summed E-state index contributed by atoms with van der Waals surface area (Å²) >= 11 is 0. The van der Waals surface area contributed by atoms with Gasteiger partial charge in [0.1, 0.15) is 0 Å². The van der Waals surface area contributed by atoms with Crippen molar-refractivity contribution < 1.29 is 4.52 Å². The highest BCUT2D eigenvalue weighted by Crippen LogP contribution is 2.17. The molecule has 4 heteroatoms. The summed E-state index contributed by atoms with van der Waals surface area (Å²) < 4.78 is 5.21. The Bertz CT molecular complexity index is 439. The molecule has 0 fully saturated rings. The van der Waals surface area contributed by atoms with Gasteiger partial charge in [0.2, 0.25) is 11.7 Å². The molecule has 0 spiro atoms. The number of hydrogen-bond acceptors (Lipinski definition) is 4. The molecule has 16 heavy (non-hydrogen) atoms. The second kappa shape index (κ2) is 4.90. The maximum absolute atomic E-state index is 5.21. The van der Waals surface area contributed by atoms with Gasteiger partial charge >= 0.3 is 0 Å². The summed E-state index contributed by atoms with van der Waals surface area (Å²) in [5.41, 5.74) is 0.973. The average Bonchev–Trinajstić information content (AvgIpc) is 2.80. The standard InChI is InChI=1S/C12H15N3O/c1-3-13-9(2)12-14-11(15-16-12)10-7-5-4-6-8-10/h4-9,13H,3H2,1-2H3. The van der Waals surface area contributed by atoms with Crippen LogP contribution in [0.4, 0.5) is 0 Å². The summed E-state index contributed by atoms with van der Waals surface area (Å²) in [6, 6.07) is 9.90. The molecule has 0 aliphatic rings. The Kier molecular flexibility index (Phi) is 3.31. The van der Waals surface area contributed by atoms with Crippen LogP contribution in [-0.2, 0) is 0 Å².